The minimum absolute atomic E-state index is 0.175. The maximum Gasteiger partial charge on any atom is 0.248 e. The van der Waals surface area contributed by atoms with Crippen molar-refractivity contribution < 1.29 is 4.79 Å². The lowest BCUT2D eigenvalue weighted by molar-refractivity contribution is -0.111. The zero-order valence-electron chi connectivity index (χ0n) is 13.5. The van der Waals surface area contributed by atoms with Gasteiger partial charge in [-0.3, -0.25) is 4.79 Å². The number of hydrogen-bond donors (Lipinski definition) is 1. The summed E-state index contributed by atoms with van der Waals surface area (Å²) in [7, 11) is 0. The highest BCUT2D eigenvalue weighted by atomic mass is 16.1. The number of carbonyl (C=O) groups excluding carboxylic acids is 1. The van der Waals surface area contributed by atoms with E-state index in [9.17, 15) is 4.79 Å². The van der Waals surface area contributed by atoms with Gasteiger partial charge in [0, 0.05) is 22.5 Å². The van der Waals surface area contributed by atoms with Gasteiger partial charge in [0.2, 0.25) is 5.91 Å². The van der Waals surface area contributed by atoms with Gasteiger partial charge < -0.3 is 5.32 Å². The second kappa shape index (κ2) is 6.57. The summed E-state index contributed by atoms with van der Waals surface area (Å²) in [6.07, 6.45) is 3.24. The van der Waals surface area contributed by atoms with Gasteiger partial charge in [0.1, 0.15) is 0 Å². The number of anilines is 1. The van der Waals surface area contributed by atoms with Gasteiger partial charge in [-0.1, -0.05) is 60.7 Å². The van der Waals surface area contributed by atoms with Crippen LogP contribution in [0.5, 0.6) is 0 Å². The van der Waals surface area contributed by atoms with E-state index in [1.807, 2.05) is 78.9 Å². The van der Waals surface area contributed by atoms with Crippen molar-refractivity contribution in [3.63, 3.8) is 0 Å². The Morgan fingerprint density at radius 2 is 1.56 bits per heavy atom. The molecule has 0 fully saturated rings. The van der Waals surface area contributed by atoms with Crippen molar-refractivity contribution in [1.29, 1.82) is 0 Å². The molecule has 0 aliphatic carbocycles. The van der Waals surface area contributed by atoms with E-state index in [4.69, 9.17) is 0 Å². The molecule has 1 amide bonds. The Morgan fingerprint density at radius 3 is 2.48 bits per heavy atom. The highest BCUT2D eigenvalue weighted by molar-refractivity contribution is 6.07. The van der Waals surface area contributed by atoms with E-state index in [1.165, 1.54) is 6.08 Å². The molecule has 3 aromatic carbocycles. The van der Waals surface area contributed by atoms with Crippen LogP contribution in [0.25, 0.3) is 27.8 Å². The van der Waals surface area contributed by atoms with Crippen LogP contribution in [0.3, 0.4) is 0 Å². The smallest absolute Gasteiger partial charge is 0.248 e. The molecule has 0 unspecified atom stereocenters. The van der Waals surface area contributed by atoms with Crippen LogP contribution < -0.4 is 5.32 Å². The first-order valence-corrected chi connectivity index (χ1v) is 8.12. The van der Waals surface area contributed by atoms with Gasteiger partial charge in [-0.2, -0.15) is 0 Å². The third-order valence-electron chi connectivity index (χ3n) is 4.07. The zero-order chi connectivity index (χ0) is 17.1. The molecule has 1 heterocycles. The van der Waals surface area contributed by atoms with Crippen molar-refractivity contribution in [2.45, 2.75) is 0 Å². The summed E-state index contributed by atoms with van der Waals surface area (Å²) in [6, 6.07) is 25.7. The predicted molar refractivity (Wildman–Crippen MR) is 103 cm³/mol. The number of rotatable bonds is 3. The minimum Gasteiger partial charge on any atom is -0.322 e. The maximum absolute atomic E-state index is 12.3. The molecule has 1 aromatic heterocycles. The lowest BCUT2D eigenvalue weighted by Crippen LogP contribution is -2.08. The molecular formula is C22H16N2O. The van der Waals surface area contributed by atoms with Gasteiger partial charge >= 0.3 is 0 Å². The van der Waals surface area contributed by atoms with Crippen molar-refractivity contribution in [3.05, 3.63) is 90.6 Å². The van der Waals surface area contributed by atoms with E-state index in [1.54, 1.807) is 6.08 Å². The van der Waals surface area contributed by atoms with Crippen LogP contribution in [0.4, 0.5) is 5.69 Å². The first-order valence-electron chi connectivity index (χ1n) is 8.12. The Kier molecular flexibility index (Phi) is 3.97. The minimum atomic E-state index is -0.175. The second-order valence-electron chi connectivity index (χ2n) is 5.78. The molecule has 4 aromatic rings. The monoisotopic (exact) mass is 324 g/mol. The third-order valence-corrected chi connectivity index (χ3v) is 4.07. The maximum atomic E-state index is 12.3. The van der Waals surface area contributed by atoms with Crippen LogP contribution in [0.2, 0.25) is 0 Å². The quantitative estimate of drug-likeness (QED) is 0.536. The SMILES string of the molecule is O=C(C=Cc1ccc2ccccc2n1)Nc1cccc2ccccc12. The van der Waals surface area contributed by atoms with Crippen molar-refractivity contribution in [1.82, 2.24) is 4.98 Å². The average Bonchev–Trinajstić information content (AvgIpc) is 2.66. The molecule has 0 atom stereocenters. The number of fused-ring (bicyclic) bond motifs is 2. The molecule has 120 valence electrons. The molecule has 0 bridgehead atoms. The fourth-order valence-electron chi connectivity index (χ4n) is 2.84. The zero-order valence-corrected chi connectivity index (χ0v) is 13.5. The number of carbonyl (C=O) groups is 1. The molecule has 3 heteroatoms. The Balaban J connectivity index is 1.55. The summed E-state index contributed by atoms with van der Waals surface area (Å²) >= 11 is 0. The second-order valence-corrected chi connectivity index (χ2v) is 5.78. The van der Waals surface area contributed by atoms with Gasteiger partial charge in [0.25, 0.3) is 0 Å². The number of hydrogen-bond acceptors (Lipinski definition) is 2. The number of aromatic nitrogens is 1. The summed E-state index contributed by atoms with van der Waals surface area (Å²) in [5.74, 6) is -0.175. The Morgan fingerprint density at radius 1 is 0.800 bits per heavy atom. The number of pyridine rings is 1. The Labute approximate surface area is 145 Å². The van der Waals surface area contributed by atoms with E-state index >= 15 is 0 Å². The molecule has 1 N–H and O–H groups in total. The molecule has 25 heavy (non-hydrogen) atoms. The van der Waals surface area contributed by atoms with Crippen LogP contribution >= 0.6 is 0 Å². The van der Waals surface area contributed by atoms with Crippen LogP contribution in [-0.4, -0.2) is 10.9 Å². The van der Waals surface area contributed by atoms with Crippen molar-refractivity contribution in [2.24, 2.45) is 0 Å². The predicted octanol–water partition coefficient (Wildman–Crippen LogP) is 5.04. The molecule has 0 radical (unpaired) electrons. The number of para-hydroxylation sites is 1. The summed E-state index contributed by atoms with van der Waals surface area (Å²) in [6.45, 7) is 0. The van der Waals surface area contributed by atoms with Crippen LogP contribution in [0.15, 0.2) is 84.9 Å². The molecule has 3 nitrogen and oxygen atoms in total. The highest BCUT2D eigenvalue weighted by Crippen LogP contribution is 2.23. The Hall–Kier alpha value is -3.46. The molecule has 4 rings (SSSR count). The van der Waals surface area contributed by atoms with E-state index in [2.05, 4.69) is 10.3 Å². The van der Waals surface area contributed by atoms with Gasteiger partial charge in [-0.25, -0.2) is 4.98 Å². The summed E-state index contributed by atoms with van der Waals surface area (Å²) in [5, 5.41) is 6.14. The van der Waals surface area contributed by atoms with Crippen molar-refractivity contribution >= 4 is 39.3 Å². The fraction of sp³-hybridized carbons (Fsp3) is 0. The fourth-order valence-corrected chi connectivity index (χ4v) is 2.84. The molecule has 0 aliphatic heterocycles. The Bertz CT molecular complexity index is 1090. The van der Waals surface area contributed by atoms with Crippen LogP contribution in [0.1, 0.15) is 5.69 Å². The van der Waals surface area contributed by atoms with E-state index < -0.39 is 0 Å². The van der Waals surface area contributed by atoms with E-state index in [0.29, 0.717) is 0 Å². The normalized spacial score (nSPS) is 11.2. The summed E-state index contributed by atoms with van der Waals surface area (Å²) in [5.41, 5.74) is 2.48. The molecule has 0 spiro atoms. The van der Waals surface area contributed by atoms with Crippen LogP contribution in [-0.2, 0) is 4.79 Å². The largest absolute Gasteiger partial charge is 0.322 e. The van der Waals surface area contributed by atoms with Gasteiger partial charge in [0.05, 0.1) is 11.2 Å². The van der Waals surface area contributed by atoms with Crippen molar-refractivity contribution in [2.75, 3.05) is 5.32 Å². The molecule has 0 saturated heterocycles. The lowest BCUT2D eigenvalue weighted by Gasteiger charge is -2.06. The summed E-state index contributed by atoms with van der Waals surface area (Å²) < 4.78 is 0. The summed E-state index contributed by atoms with van der Waals surface area (Å²) in [4.78, 5) is 16.8. The van der Waals surface area contributed by atoms with E-state index in [0.717, 1.165) is 33.1 Å². The average molecular weight is 324 g/mol. The number of benzene rings is 3. The van der Waals surface area contributed by atoms with E-state index in [-0.39, 0.29) is 5.91 Å². The number of amides is 1. The van der Waals surface area contributed by atoms with Gasteiger partial charge in [-0.15, -0.1) is 0 Å². The van der Waals surface area contributed by atoms with Crippen molar-refractivity contribution in [3.8, 4) is 0 Å². The molecule has 0 saturated carbocycles. The van der Waals surface area contributed by atoms with Gasteiger partial charge in [0.15, 0.2) is 0 Å². The van der Waals surface area contributed by atoms with Crippen LogP contribution in [0, 0.1) is 0 Å². The number of nitrogens with zero attached hydrogens (tertiary/aromatic N) is 1. The highest BCUT2D eigenvalue weighted by Gasteiger charge is 2.03. The number of nitrogens with one attached hydrogen (secondary N) is 1. The standard InChI is InChI=1S/C22H16N2O/c25-22(24-21-11-5-8-16-6-1-3-9-19(16)21)15-14-18-13-12-17-7-2-4-10-20(17)23-18/h1-15H,(H,24,25). The van der Waals surface area contributed by atoms with Gasteiger partial charge in [-0.05, 0) is 29.7 Å². The third kappa shape index (κ3) is 3.26. The first kappa shape index (κ1) is 15.1. The topological polar surface area (TPSA) is 42.0 Å². The lowest BCUT2D eigenvalue weighted by atomic mass is 10.1. The first-order chi connectivity index (χ1) is 12.3. The molecular weight excluding hydrogens is 308 g/mol. The molecule has 0 aliphatic rings.